The van der Waals surface area contributed by atoms with Crippen LogP contribution < -0.4 is 5.73 Å². The van der Waals surface area contributed by atoms with Crippen molar-refractivity contribution < 1.29 is 4.74 Å². The van der Waals surface area contributed by atoms with E-state index in [1.807, 2.05) is 0 Å². The van der Waals surface area contributed by atoms with Gasteiger partial charge in [0.05, 0.1) is 12.7 Å². The molecule has 112 valence electrons. The molecule has 0 aromatic heterocycles. The van der Waals surface area contributed by atoms with Crippen molar-refractivity contribution >= 4 is 0 Å². The Morgan fingerprint density at radius 2 is 1.95 bits per heavy atom. The SMILES string of the molecule is CCCN1CCOC(C(N)C2CCC(CC)CC2)C1. The standard InChI is InChI=1S/C16H32N2O/c1-3-9-18-10-11-19-15(12-18)16(17)14-7-5-13(4-2)6-8-14/h13-16H,3-12,17H2,1-2H3. The molecule has 1 saturated carbocycles. The zero-order valence-corrected chi connectivity index (χ0v) is 12.8. The minimum absolute atomic E-state index is 0.248. The lowest BCUT2D eigenvalue weighted by molar-refractivity contribution is -0.0527. The van der Waals surface area contributed by atoms with Crippen LogP contribution in [0.4, 0.5) is 0 Å². The van der Waals surface area contributed by atoms with Crippen LogP contribution in [0.2, 0.25) is 0 Å². The van der Waals surface area contributed by atoms with Gasteiger partial charge in [0.2, 0.25) is 0 Å². The molecule has 1 aliphatic carbocycles. The molecule has 1 saturated heterocycles. The average Bonchev–Trinajstić information content (AvgIpc) is 2.47. The molecule has 2 atom stereocenters. The first kappa shape index (κ1) is 15.3. The van der Waals surface area contributed by atoms with Crippen molar-refractivity contribution in [1.29, 1.82) is 0 Å². The van der Waals surface area contributed by atoms with E-state index in [1.54, 1.807) is 0 Å². The van der Waals surface area contributed by atoms with Gasteiger partial charge in [0.15, 0.2) is 0 Å². The zero-order chi connectivity index (χ0) is 13.7. The van der Waals surface area contributed by atoms with Gasteiger partial charge in [0.1, 0.15) is 0 Å². The molecule has 19 heavy (non-hydrogen) atoms. The van der Waals surface area contributed by atoms with Gasteiger partial charge in [-0.3, -0.25) is 4.90 Å². The van der Waals surface area contributed by atoms with Gasteiger partial charge < -0.3 is 10.5 Å². The Bertz CT molecular complexity index is 249. The highest BCUT2D eigenvalue weighted by Crippen LogP contribution is 2.33. The predicted octanol–water partition coefficient (Wildman–Crippen LogP) is 2.64. The van der Waals surface area contributed by atoms with E-state index in [-0.39, 0.29) is 12.1 Å². The monoisotopic (exact) mass is 268 g/mol. The van der Waals surface area contributed by atoms with Crippen LogP contribution in [0.15, 0.2) is 0 Å². The van der Waals surface area contributed by atoms with Crippen LogP contribution in [0.5, 0.6) is 0 Å². The maximum atomic E-state index is 6.52. The predicted molar refractivity (Wildman–Crippen MR) is 80.2 cm³/mol. The fourth-order valence-corrected chi connectivity index (χ4v) is 3.77. The fraction of sp³-hybridized carbons (Fsp3) is 1.00. The summed E-state index contributed by atoms with van der Waals surface area (Å²) in [5, 5.41) is 0. The summed E-state index contributed by atoms with van der Waals surface area (Å²) in [5.41, 5.74) is 6.52. The fourth-order valence-electron chi connectivity index (χ4n) is 3.77. The number of nitrogens with two attached hydrogens (primary N) is 1. The summed E-state index contributed by atoms with van der Waals surface area (Å²) in [5.74, 6) is 1.64. The van der Waals surface area contributed by atoms with Crippen molar-refractivity contribution in [2.24, 2.45) is 17.6 Å². The Hall–Kier alpha value is -0.120. The average molecular weight is 268 g/mol. The third-order valence-electron chi connectivity index (χ3n) is 5.16. The first-order valence-electron chi connectivity index (χ1n) is 8.34. The smallest absolute Gasteiger partial charge is 0.0855 e. The minimum Gasteiger partial charge on any atom is -0.374 e. The third kappa shape index (κ3) is 4.17. The number of ether oxygens (including phenoxy) is 1. The molecule has 0 radical (unpaired) electrons. The molecule has 1 heterocycles. The molecule has 0 amide bonds. The van der Waals surface area contributed by atoms with Crippen molar-refractivity contribution in [3.63, 3.8) is 0 Å². The van der Waals surface area contributed by atoms with Gasteiger partial charge in [0, 0.05) is 19.1 Å². The molecule has 2 unspecified atom stereocenters. The molecular weight excluding hydrogens is 236 g/mol. The molecule has 2 fully saturated rings. The van der Waals surface area contributed by atoms with E-state index in [4.69, 9.17) is 10.5 Å². The van der Waals surface area contributed by atoms with E-state index >= 15 is 0 Å². The summed E-state index contributed by atoms with van der Waals surface area (Å²) in [6.45, 7) is 8.74. The zero-order valence-electron chi connectivity index (χ0n) is 12.8. The normalized spacial score (nSPS) is 35.2. The lowest BCUT2D eigenvalue weighted by Crippen LogP contribution is -2.53. The van der Waals surface area contributed by atoms with Crippen LogP contribution >= 0.6 is 0 Å². The Kier molecular flexibility index (Phi) is 6.11. The van der Waals surface area contributed by atoms with Gasteiger partial charge >= 0.3 is 0 Å². The van der Waals surface area contributed by atoms with Crippen LogP contribution in [0.3, 0.4) is 0 Å². The van der Waals surface area contributed by atoms with Crippen LogP contribution in [0.25, 0.3) is 0 Å². The number of hydrogen-bond acceptors (Lipinski definition) is 3. The molecule has 1 aliphatic heterocycles. The van der Waals surface area contributed by atoms with Crippen LogP contribution in [-0.2, 0) is 4.74 Å². The highest BCUT2D eigenvalue weighted by molar-refractivity contribution is 4.88. The second-order valence-electron chi connectivity index (χ2n) is 6.48. The highest BCUT2D eigenvalue weighted by Gasteiger charge is 2.32. The molecular formula is C16H32N2O. The number of morpholine rings is 1. The maximum Gasteiger partial charge on any atom is 0.0855 e. The van der Waals surface area contributed by atoms with Gasteiger partial charge in [0.25, 0.3) is 0 Å². The van der Waals surface area contributed by atoms with E-state index < -0.39 is 0 Å². The summed E-state index contributed by atoms with van der Waals surface area (Å²) in [6, 6.07) is 0.248. The molecule has 3 heteroatoms. The number of nitrogens with zero attached hydrogens (tertiary/aromatic N) is 1. The van der Waals surface area contributed by atoms with Gasteiger partial charge in [-0.2, -0.15) is 0 Å². The highest BCUT2D eigenvalue weighted by atomic mass is 16.5. The Morgan fingerprint density at radius 3 is 2.58 bits per heavy atom. The Labute approximate surface area is 118 Å². The van der Waals surface area contributed by atoms with Crippen molar-refractivity contribution in [1.82, 2.24) is 4.90 Å². The molecule has 2 N–H and O–H groups in total. The van der Waals surface area contributed by atoms with Crippen LogP contribution in [-0.4, -0.2) is 43.3 Å². The van der Waals surface area contributed by atoms with Crippen molar-refractivity contribution in [2.45, 2.75) is 64.5 Å². The third-order valence-corrected chi connectivity index (χ3v) is 5.16. The summed E-state index contributed by atoms with van der Waals surface area (Å²) < 4.78 is 5.96. The quantitative estimate of drug-likeness (QED) is 0.833. The summed E-state index contributed by atoms with van der Waals surface area (Å²) in [4.78, 5) is 2.52. The number of rotatable bonds is 5. The van der Waals surface area contributed by atoms with E-state index in [1.165, 1.54) is 45.1 Å². The second kappa shape index (κ2) is 7.61. The first-order valence-corrected chi connectivity index (χ1v) is 8.34. The second-order valence-corrected chi connectivity index (χ2v) is 6.48. The Morgan fingerprint density at radius 1 is 1.21 bits per heavy atom. The summed E-state index contributed by atoms with van der Waals surface area (Å²) >= 11 is 0. The van der Waals surface area contributed by atoms with Crippen molar-refractivity contribution in [3.8, 4) is 0 Å². The lowest BCUT2D eigenvalue weighted by Gasteiger charge is -2.40. The van der Waals surface area contributed by atoms with Gasteiger partial charge in [-0.05, 0) is 37.6 Å². The van der Waals surface area contributed by atoms with Gasteiger partial charge in [-0.25, -0.2) is 0 Å². The Balaban J connectivity index is 1.80. The molecule has 0 aromatic carbocycles. The van der Waals surface area contributed by atoms with E-state index in [2.05, 4.69) is 18.7 Å². The molecule has 3 nitrogen and oxygen atoms in total. The van der Waals surface area contributed by atoms with Crippen molar-refractivity contribution in [3.05, 3.63) is 0 Å². The summed E-state index contributed by atoms with van der Waals surface area (Å²) in [6.07, 6.45) is 8.21. The molecule has 2 aliphatic rings. The van der Waals surface area contributed by atoms with E-state index in [9.17, 15) is 0 Å². The lowest BCUT2D eigenvalue weighted by atomic mass is 9.76. The molecule has 0 bridgehead atoms. The van der Waals surface area contributed by atoms with E-state index in [0.29, 0.717) is 5.92 Å². The van der Waals surface area contributed by atoms with Gasteiger partial charge in [-0.15, -0.1) is 0 Å². The first-order chi connectivity index (χ1) is 9.24. The van der Waals surface area contributed by atoms with E-state index in [0.717, 1.165) is 25.6 Å². The van der Waals surface area contributed by atoms with Crippen LogP contribution in [0, 0.1) is 11.8 Å². The van der Waals surface area contributed by atoms with Crippen LogP contribution in [0.1, 0.15) is 52.4 Å². The molecule has 0 aromatic rings. The molecule has 2 rings (SSSR count). The largest absolute Gasteiger partial charge is 0.374 e. The van der Waals surface area contributed by atoms with Gasteiger partial charge in [-0.1, -0.05) is 33.1 Å². The molecule has 0 spiro atoms. The van der Waals surface area contributed by atoms with Crippen molar-refractivity contribution in [2.75, 3.05) is 26.2 Å². The number of hydrogen-bond donors (Lipinski definition) is 1. The maximum absolute atomic E-state index is 6.52. The summed E-state index contributed by atoms with van der Waals surface area (Å²) in [7, 11) is 0. The minimum atomic E-state index is 0.248. The topological polar surface area (TPSA) is 38.5 Å².